The number of alkyl carbamates (subject to hydrolysis) is 1. The normalized spacial score (nSPS) is 13.4. The number of nitrogens with one attached hydrogen (secondary N) is 2. The molecule has 34 heavy (non-hydrogen) atoms. The van der Waals surface area contributed by atoms with Gasteiger partial charge in [0.2, 0.25) is 11.8 Å². The van der Waals surface area contributed by atoms with Gasteiger partial charge < -0.3 is 20.3 Å². The predicted octanol–water partition coefficient (Wildman–Crippen LogP) is 5.05. The summed E-state index contributed by atoms with van der Waals surface area (Å²) in [5.41, 5.74) is 2.12. The van der Waals surface area contributed by atoms with Crippen LogP contribution in [0.15, 0.2) is 18.2 Å². The molecule has 0 aliphatic heterocycles. The fourth-order valence-corrected chi connectivity index (χ4v) is 3.76. The Hall–Kier alpha value is -2.57. The summed E-state index contributed by atoms with van der Waals surface area (Å²) in [6.07, 6.45) is 1.16. The third-order valence-electron chi connectivity index (χ3n) is 5.71. The first kappa shape index (κ1) is 29.5. The molecule has 0 aliphatic carbocycles. The maximum Gasteiger partial charge on any atom is 0.408 e. The molecule has 0 aromatic heterocycles. The van der Waals surface area contributed by atoms with Gasteiger partial charge in [-0.05, 0) is 77.5 Å². The maximum atomic E-state index is 13.9. The first-order valence-corrected chi connectivity index (χ1v) is 12.4. The third-order valence-corrected chi connectivity index (χ3v) is 5.71. The zero-order valence-electron chi connectivity index (χ0n) is 22.7. The van der Waals surface area contributed by atoms with Gasteiger partial charge in [0.25, 0.3) is 0 Å². The Kier molecular flexibility index (Phi) is 11.1. The van der Waals surface area contributed by atoms with Gasteiger partial charge in [-0.3, -0.25) is 9.59 Å². The number of hydrogen-bond acceptors (Lipinski definition) is 4. The molecule has 2 unspecified atom stereocenters. The number of unbranched alkanes of at least 4 members (excludes halogenated alkanes) is 1. The number of nitrogens with zero attached hydrogens (tertiary/aromatic N) is 1. The van der Waals surface area contributed by atoms with Crippen LogP contribution in [0.25, 0.3) is 0 Å². The van der Waals surface area contributed by atoms with Crippen LogP contribution in [0.2, 0.25) is 0 Å². The molecule has 7 nitrogen and oxygen atoms in total. The standard InChI is InChI=1S/C27H45N3O4/c1-11-12-16-28-24(31)23(21-15-13-14-19(6)20(21)7)30(18(4)5)25(32)22(17(2)3)29-26(33)34-27(8,9)10/h13-15,17-18,22-23H,11-12,16H2,1-10H3,(H,28,31)(H,29,33). The van der Waals surface area contributed by atoms with E-state index >= 15 is 0 Å². The van der Waals surface area contributed by atoms with Crippen LogP contribution in [-0.2, 0) is 14.3 Å². The molecule has 0 aliphatic rings. The van der Waals surface area contributed by atoms with E-state index in [-0.39, 0.29) is 23.8 Å². The van der Waals surface area contributed by atoms with E-state index in [0.717, 1.165) is 29.5 Å². The Morgan fingerprint density at radius 2 is 1.68 bits per heavy atom. The van der Waals surface area contributed by atoms with Gasteiger partial charge in [-0.15, -0.1) is 0 Å². The molecule has 3 amide bonds. The van der Waals surface area contributed by atoms with Crippen LogP contribution in [0, 0.1) is 19.8 Å². The molecule has 0 saturated heterocycles. The number of carbonyl (C=O) groups excluding carboxylic acids is 3. The van der Waals surface area contributed by atoms with E-state index < -0.39 is 23.8 Å². The number of benzene rings is 1. The third kappa shape index (κ3) is 8.33. The summed E-state index contributed by atoms with van der Waals surface area (Å²) < 4.78 is 5.40. The number of carbonyl (C=O) groups is 3. The average molecular weight is 476 g/mol. The van der Waals surface area contributed by atoms with E-state index in [1.165, 1.54) is 0 Å². The van der Waals surface area contributed by atoms with Crippen molar-refractivity contribution in [1.82, 2.24) is 15.5 Å². The summed E-state index contributed by atoms with van der Waals surface area (Å²) in [7, 11) is 0. The number of aryl methyl sites for hydroxylation is 1. The van der Waals surface area contributed by atoms with Crippen LogP contribution in [-0.4, -0.2) is 47.0 Å². The zero-order valence-corrected chi connectivity index (χ0v) is 22.7. The largest absolute Gasteiger partial charge is 0.444 e. The lowest BCUT2D eigenvalue weighted by Gasteiger charge is -2.38. The van der Waals surface area contributed by atoms with Gasteiger partial charge in [-0.25, -0.2) is 4.79 Å². The van der Waals surface area contributed by atoms with Gasteiger partial charge in [-0.1, -0.05) is 45.4 Å². The molecule has 0 saturated carbocycles. The number of amides is 3. The Morgan fingerprint density at radius 1 is 1.06 bits per heavy atom. The maximum absolute atomic E-state index is 13.9. The average Bonchev–Trinajstić information content (AvgIpc) is 2.70. The number of ether oxygens (including phenoxy) is 1. The molecule has 1 aromatic carbocycles. The molecular formula is C27H45N3O4. The molecule has 7 heteroatoms. The minimum atomic E-state index is -0.840. The molecule has 1 rings (SSSR count). The summed E-state index contributed by atoms with van der Waals surface area (Å²) in [5, 5.41) is 5.76. The molecule has 1 aromatic rings. The van der Waals surface area contributed by atoms with E-state index in [2.05, 4.69) is 17.6 Å². The van der Waals surface area contributed by atoms with E-state index in [1.54, 1.807) is 25.7 Å². The van der Waals surface area contributed by atoms with Gasteiger partial charge in [0, 0.05) is 12.6 Å². The zero-order chi connectivity index (χ0) is 26.2. The topological polar surface area (TPSA) is 87.7 Å². The van der Waals surface area contributed by atoms with Crippen molar-refractivity contribution in [3.8, 4) is 0 Å². The summed E-state index contributed by atoms with van der Waals surface area (Å²) in [4.78, 5) is 41.6. The Morgan fingerprint density at radius 3 is 2.18 bits per heavy atom. The van der Waals surface area contributed by atoms with E-state index in [1.807, 2.05) is 59.7 Å². The molecule has 0 heterocycles. The molecular weight excluding hydrogens is 430 g/mol. The van der Waals surface area contributed by atoms with Crippen LogP contribution >= 0.6 is 0 Å². The van der Waals surface area contributed by atoms with Crippen molar-refractivity contribution in [3.05, 3.63) is 34.9 Å². The number of hydrogen-bond donors (Lipinski definition) is 2. The van der Waals surface area contributed by atoms with Crippen molar-refractivity contribution in [3.63, 3.8) is 0 Å². The Balaban J connectivity index is 3.47. The highest BCUT2D eigenvalue weighted by molar-refractivity contribution is 5.92. The summed E-state index contributed by atoms with van der Waals surface area (Å²) in [5.74, 6) is -0.736. The van der Waals surface area contributed by atoms with Gasteiger partial charge >= 0.3 is 6.09 Å². The minimum absolute atomic E-state index is 0.205. The molecule has 0 bridgehead atoms. The van der Waals surface area contributed by atoms with Crippen molar-refractivity contribution < 1.29 is 19.1 Å². The highest BCUT2D eigenvalue weighted by Gasteiger charge is 2.39. The first-order valence-electron chi connectivity index (χ1n) is 12.4. The van der Waals surface area contributed by atoms with Gasteiger partial charge in [-0.2, -0.15) is 0 Å². The summed E-state index contributed by atoms with van der Waals surface area (Å²) in [6.45, 7) is 19.4. The van der Waals surface area contributed by atoms with Crippen molar-refractivity contribution in [2.75, 3.05) is 6.54 Å². The van der Waals surface area contributed by atoms with Crippen molar-refractivity contribution in [2.45, 2.75) is 106 Å². The molecule has 0 fully saturated rings. The highest BCUT2D eigenvalue weighted by atomic mass is 16.6. The summed E-state index contributed by atoms with van der Waals surface area (Å²) in [6, 6.07) is 3.87. The predicted molar refractivity (Wildman–Crippen MR) is 137 cm³/mol. The molecule has 192 valence electrons. The molecule has 2 atom stereocenters. The quantitative estimate of drug-likeness (QED) is 0.464. The van der Waals surface area contributed by atoms with Crippen molar-refractivity contribution in [2.24, 2.45) is 5.92 Å². The second-order valence-electron chi connectivity index (χ2n) is 10.5. The lowest BCUT2D eigenvalue weighted by Crippen LogP contribution is -2.56. The first-order chi connectivity index (χ1) is 15.7. The molecule has 2 N–H and O–H groups in total. The SMILES string of the molecule is CCCCNC(=O)C(c1cccc(C)c1C)N(C(=O)C(NC(=O)OC(C)(C)C)C(C)C)C(C)C. The molecule has 0 radical (unpaired) electrons. The van der Waals surface area contributed by atoms with Gasteiger partial charge in [0.15, 0.2) is 0 Å². The van der Waals surface area contributed by atoms with Gasteiger partial charge in [0.1, 0.15) is 17.7 Å². The fourth-order valence-electron chi connectivity index (χ4n) is 3.76. The van der Waals surface area contributed by atoms with Crippen LogP contribution in [0.5, 0.6) is 0 Å². The Labute approximate surface area is 206 Å². The second kappa shape index (κ2) is 12.8. The van der Waals surface area contributed by atoms with E-state index in [0.29, 0.717) is 6.54 Å². The van der Waals surface area contributed by atoms with Crippen LogP contribution in [0.3, 0.4) is 0 Å². The second-order valence-corrected chi connectivity index (χ2v) is 10.5. The fraction of sp³-hybridized carbons (Fsp3) is 0.667. The lowest BCUT2D eigenvalue weighted by molar-refractivity contribution is -0.145. The summed E-state index contributed by atoms with van der Waals surface area (Å²) >= 11 is 0. The Bertz CT molecular complexity index is 843. The highest BCUT2D eigenvalue weighted by Crippen LogP contribution is 2.29. The number of rotatable bonds is 10. The minimum Gasteiger partial charge on any atom is -0.444 e. The van der Waals surface area contributed by atoms with Crippen LogP contribution in [0.4, 0.5) is 4.79 Å². The monoisotopic (exact) mass is 475 g/mol. The van der Waals surface area contributed by atoms with Gasteiger partial charge in [0.05, 0.1) is 0 Å². The van der Waals surface area contributed by atoms with Crippen molar-refractivity contribution in [1.29, 1.82) is 0 Å². The molecule has 0 spiro atoms. The van der Waals surface area contributed by atoms with Crippen LogP contribution < -0.4 is 10.6 Å². The lowest BCUT2D eigenvalue weighted by atomic mass is 9.93. The van der Waals surface area contributed by atoms with Crippen LogP contribution in [0.1, 0.15) is 91.0 Å². The van der Waals surface area contributed by atoms with E-state index in [4.69, 9.17) is 4.74 Å². The van der Waals surface area contributed by atoms with Crippen molar-refractivity contribution >= 4 is 17.9 Å². The smallest absolute Gasteiger partial charge is 0.408 e. The van der Waals surface area contributed by atoms with E-state index in [9.17, 15) is 14.4 Å².